The summed E-state index contributed by atoms with van der Waals surface area (Å²) >= 11 is 0. The van der Waals surface area contributed by atoms with Crippen LogP contribution >= 0.6 is 0 Å². The Morgan fingerprint density at radius 2 is 1.55 bits per heavy atom. The normalized spacial score (nSPS) is 11.8. The van der Waals surface area contributed by atoms with Gasteiger partial charge in [-0.2, -0.15) is 0 Å². The number of esters is 1. The lowest BCUT2D eigenvalue weighted by Crippen LogP contribution is -2.31. The van der Waals surface area contributed by atoms with E-state index >= 15 is 0 Å². The standard InChI is InChI=1S/C35H38N2O5/c1-5-40-34(39)32(42-30-19-15-28(16-20-30)35(2,3)4)24-25-9-17-29(18-10-25)41-23-22-37-33(38)27-13-11-26(12-14-27)31-8-6-7-21-36-31/h6-21,32H,5,22-24H2,1-4H3,(H,37,38). The van der Waals surface area contributed by atoms with Gasteiger partial charge in [0.25, 0.3) is 5.91 Å². The van der Waals surface area contributed by atoms with Crippen LogP contribution in [0.3, 0.4) is 0 Å². The number of amides is 1. The van der Waals surface area contributed by atoms with Crippen molar-refractivity contribution in [2.24, 2.45) is 0 Å². The molecule has 0 aliphatic carbocycles. The minimum atomic E-state index is -0.773. The van der Waals surface area contributed by atoms with Crippen molar-refractivity contribution in [1.82, 2.24) is 10.3 Å². The molecule has 0 aliphatic heterocycles. The maximum absolute atomic E-state index is 12.6. The van der Waals surface area contributed by atoms with E-state index in [-0.39, 0.29) is 17.9 Å². The van der Waals surface area contributed by atoms with Gasteiger partial charge >= 0.3 is 5.97 Å². The highest BCUT2D eigenvalue weighted by molar-refractivity contribution is 5.94. The molecule has 1 heterocycles. The van der Waals surface area contributed by atoms with Gasteiger partial charge in [-0.3, -0.25) is 9.78 Å². The van der Waals surface area contributed by atoms with Crippen LogP contribution in [-0.4, -0.2) is 42.7 Å². The van der Waals surface area contributed by atoms with Crippen molar-refractivity contribution in [3.8, 4) is 22.8 Å². The second-order valence-electron chi connectivity index (χ2n) is 10.9. The van der Waals surface area contributed by atoms with Crippen molar-refractivity contribution in [3.63, 3.8) is 0 Å². The number of nitrogens with one attached hydrogen (secondary N) is 1. The topological polar surface area (TPSA) is 86.8 Å². The molecule has 1 atom stereocenters. The zero-order chi connectivity index (χ0) is 30.0. The van der Waals surface area contributed by atoms with Crippen LogP contribution in [0, 0.1) is 0 Å². The molecule has 3 aromatic carbocycles. The molecule has 218 valence electrons. The van der Waals surface area contributed by atoms with E-state index in [4.69, 9.17) is 14.2 Å². The Labute approximate surface area is 247 Å². The lowest BCUT2D eigenvalue weighted by atomic mass is 9.87. The molecule has 0 fully saturated rings. The quantitative estimate of drug-likeness (QED) is 0.158. The van der Waals surface area contributed by atoms with E-state index in [1.807, 2.05) is 78.9 Å². The zero-order valence-electron chi connectivity index (χ0n) is 24.6. The van der Waals surface area contributed by atoms with E-state index in [1.165, 1.54) is 5.56 Å². The van der Waals surface area contributed by atoms with Crippen LogP contribution in [0.4, 0.5) is 0 Å². The Morgan fingerprint density at radius 3 is 2.17 bits per heavy atom. The van der Waals surface area contributed by atoms with Gasteiger partial charge in [-0.15, -0.1) is 0 Å². The summed E-state index contributed by atoms with van der Waals surface area (Å²) in [6.07, 6.45) is 1.33. The number of carbonyl (C=O) groups is 2. The number of benzene rings is 3. The Morgan fingerprint density at radius 1 is 0.857 bits per heavy atom. The summed E-state index contributed by atoms with van der Waals surface area (Å²) in [4.78, 5) is 29.5. The van der Waals surface area contributed by atoms with Gasteiger partial charge in [0.1, 0.15) is 18.1 Å². The van der Waals surface area contributed by atoms with E-state index in [2.05, 4.69) is 31.1 Å². The van der Waals surface area contributed by atoms with Gasteiger partial charge in [0.05, 0.1) is 18.8 Å². The van der Waals surface area contributed by atoms with Crippen LogP contribution in [0.2, 0.25) is 0 Å². The number of rotatable bonds is 12. The second kappa shape index (κ2) is 14.3. The van der Waals surface area contributed by atoms with Gasteiger partial charge in [-0.1, -0.05) is 63.2 Å². The number of aromatic nitrogens is 1. The predicted octanol–water partition coefficient (Wildman–Crippen LogP) is 6.41. The third-order valence-corrected chi connectivity index (χ3v) is 6.66. The van der Waals surface area contributed by atoms with E-state index in [0.29, 0.717) is 36.6 Å². The van der Waals surface area contributed by atoms with Crippen molar-refractivity contribution in [3.05, 3.63) is 114 Å². The van der Waals surface area contributed by atoms with Crippen molar-refractivity contribution in [1.29, 1.82) is 0 Å². The first-order valence-electron chi connectivity index (χ1n) is 14.2. The minimum absolute atomic E-state index is 0.0294. The third-order valence-electron chi connectivity index (χ3n) is 6.66. The minimum Gasteiger partial charge on any atom is -0.492 e. The molecule has 1 unspecified atom stereocenters. The number of carbonyl (C=O) groups excluding carboxylic acids is 2. The fraction of sp³-hybridized carbons (Fsp3) is 0.286. The maximum Gasteiger partial charge on any atom is 0.347 e. The third kappa shape index (κ3) is 8.67. The average molecular weight is 567 g/mol. The number of nitrogens with zero attached hydrogens (tertiary/aromatic N) is 1. The number of ether oxygens (including phenoxy) is 3. The lowest BCUT2D eigenvalue weighted by Gasteiger charge is -2.21. The molecule has 0 aliphatic rings. The summed E-state index contributed by atoms with van der Waals surface area (Å²) in [5, 5.41) is 2.88. The number of hydrogen-bond acceptors (Lipinski definition) is 6. The highest BCUT2D eigenvalue weighted by atomic mass is 16.6. The fourth-order valence-electron chi connectivity index (χ4n) is 4.30. The van der Waals surface area contributed by atoms with Gasteiger partial charge < -0.3 is 19.5 Å². The monoisotopic (exact) mass is 566 g/mol. The lowest BCUT2D eigenvalue weighted by molar-refractivity contribution is -0.151. The van der Waals surface area contributed by atoms with Crippen molar-refractivity contribution in [2.45, 2.75) is 45.6 Å². The second-order valence-corrected chi connectivity index (χ2v) is 10.9. The summed E-state index contributed by atoms with van der Waals surface area (Å²) in [7, 11) is 0. The van der Waals surface area contributed by atoms with E-state index in [0.717, 1.165) is 16.8 Å². The van der Waals surface area contributed by atoms with Crippen molar-refractivity contribution < 1.29 is 23.8 Å². The van der Waals surface area contributed by atoms with Crippen LogP contribution in [0.25, 0.3) is 11.3 Å². The molecule has 7 heteroatoms. The largest absolute Gasteiger partial charge is 0.492 e. The molecule has 0 radical (unpaired) electrons. The summed E-state index contributed by atoms with van der Waals surface area (Å²) in [6.45, 7) is 9.18. The van der Waals surface area contributed by atoms with Crippen LogP contribution < -0.4 is 14.8 Å². The van der Waals surface area contributed by atoms with Crippen molar-refractivity contribution in [2.75, 3.05) is 19.8 Å². The van der Waals surface area contributed by atoms with Crippen LogP contribution in [0.5, 0.6) is 11.5 Å². The maximum atomic E-state index is 12.6. The van der Waals surface area contributed by atoms with Gasteiger partial charge in [0.15, 0.2) is 6.10 Å². The highest BCUT2D eigenvalue weighted by Crippen LogP contribution is 2.25. The smallest absolute Gasteiger partial charge is 0.347 e. The van der Waals surface area contributed by atoms with Gasteiger partial charge in [-0.05, 0) is 72.0 Å². The molecule has 1 N–H and O–H groups in total. The predicted molar refractivity (Wildman–Crippen MR) is 164 cm³/mol. The van der Waals surface area contributed by atoms with E-state index < -0.39 is 12.1 Å². The summed E-state index contributed by atoms with van der Waals surface area (Å²) in [5.41, 5.74) is 4.51. The zero-order valence-corrected chi connectivity index (χ0v) is 24.6. The number of hydrogen-bond donors (Lipinski definition) is 1. The first-order chi connectivity index (χ1) is 20.2. The molecule has 1 aromatic heterocycles. The highest BCUT2D eigenvalue weighted by Gasteiger charge is 2.23. The molecule has 42 heavy (non-hydrogen) atoms. The van der Waals surface area contributed by atoms with Gasteiger partial charge in [-0.25, -0.2) is 4.79 Å². The Kier molecular flexibility index (Phi) is 10.3. The Hall–Kier alpha value is -4.65. The van der Waals surface area contributed by atoms with Crippen LogP contribution in [0.15, 0.2) is 97.2 Å². The summed E-state index contributed by atoms with van der Waals surface area (Å²) in [6, 6.07) is 28.4. The first-order valence-corrected chi connectivity index (χ1v) is 14.2. The average Bonchev–Trinajstić information content (AvgIpc) is 3.00. The summed E-state index contributed by atoms with van der Waals surface area (Å²) < 4.78 is 17.1. The fourth-order valence-corrected chi connectivity index (χ4v) is 4.30. The van der Waals surface area contributed by atoms with E-state index in [9.17, 15) is 9.59 Å². The van der Waals surface area contributed by atoms with Gasteiger partial charge in [0.2, 0.25) is 0 Å². The molecule has 0 saturated heterocycles. The van der Waals surface area contributed by atoms with E-state index in [1.54, 1.807) is 25.3 Å². The Balaban J connectivity index is 1.26. The molecule has 4 aromatic rings. The SMILES string of the molecule is CCOC(=O)C(Cc1ccc(OCCNC(=O)c2ccc(-c3ccccn3)cc2)cc1)Oc1ccc(C(C)(C)C)cc1. The molecular formula is C35H38N2O5. The Bertz CT molecular complexity index is 1430. The molecule has 0 spiro atoms. The molecular weight excluding hydrogens is 528 g/mol. The number of pyridine rings is 1. The van der Waals surface area contributed by atoms with Crippen LogP contribution in [-0.2, 0) is 21.4 Å². The molecule has 4 rings (SSSR count). The summed E-state index contributed by atoms with van der Waals surface area (Å²) in [5.74, 6) is 0.714. The molecule has 0 saturated carbocycles. The van der Waals surface area contributed by atoms with Crippen LogP contribution in [0.1, 0.15) is 49.2 Å². The first kappa shape index (κ1) is 30.3. The molecule has 7 nitrogen and oxygen atoms in total. The van der Waals surface area contributed by atoms with Crippen molar-refractivity contribution >= 4 is 11.9 Å². The van der Waals surface area contributed by atoms with Gasteiger partial charge in [0, 0.05) is 23.7 Å². The molecule has 1 amide bonds. The molecule has 0 bridgehead atoms.